The predicted octanol–water partition coefficient (Wildman–Crippen LogP) is 4.64. The highest BCUT2D eigenvalue weighted by Gasteiger charge is 2.50. The van der Waals surface area contributed by atoms with Crippen LogP contribution in [0.5, 0.6) is 0 Å². The van der Waals surface area contributed by atoms with Crippen LogP contribution in [0, 0.1) is 6.92 Å². The first-order valence-corrected chi connectivity index (χ1v) is 9.10. The summed E-state index contributed by atoms with van der Waals surface area (Å²) in [5.41, 5.74) is 5.95. The molecule has 0 bridgehead atoms. The van der Waals surface area contributed by atoms with Gasteiger partial charge in [0.25, 0.3) is 0 Å². The summed E-state index contributed by atoms with van der Waals surface area (Å²) in [7, 11) is 0. The second-order valence-corrected chi connectivity index (χ2v) is 7.93. The Morgan fingerprint density at radius 3 is 2.83 bits per heavy atom. The van der Waals surface area contributed by atoms with Crippen molar-refractivity contribution < 1.29 is 0 Å². The van der Waals surface area contributed by atoms with Gasteiger partial charge >= 0.3 is 0 Å². The van der Waals surface area contributed by atoms with Crippen LogP contribution in [-0.2, 0) is 5.41 Å². The standard InChI is InChI=1S/C19H25ClN4/c1-10(2)11(3)24-12(4)22-17-18(24)23-14-8-6-7-13-16(14)19(17,5)15(20)9-21-13/h9,14,21,23H,6-8H2,1-5H3. The van der Waals surface area contributed by atoms with Gasteiger partial charge in [-0.15, -0.1) is 0 Å². The first-order chi connectivity index (χ1) is 11.4. The van der Waals surface area contributed by atoms with Crippen molar-refractivity contribution in [2.24, 2.45) is 0 Å². The van der Waals surface area contributed by atoms with Gasteiger partial charge in [-0.3, -0.25) is 4.57 Å². The van der Waals surface area contributed by atoms with E-state index in [9.17, 15) is 0 Å². The van der Waals surface area contributed by atoms with E-state index in [1.54, 1.807) is 0 Å². The zero-order valence-corrected chi connectivity index (χ0v) is 15.8. The van der Waals surface area contributed by atoms with E-state index in [4.69, 9.17) is 16.6 Å². The van der Waals surface area contributed by atoms with Crippen molar-refractivity contribution in [2.75, 3.05) is 5.32 Å². The van der Waals surface area contributed by atoms with Crippen molar-refractivity contribution >= 4 is 23.1 Å². The SMILES string of the molecule is CC(C)=C(C)n1c(C)nc2c1NC1CCCC3=C1C2(C)C(Cl)=CN3. The minimum absolute atomic E-state index is 0.320. The number of fused-ring (bicyclic) bond motifs is 2. The van der Waals surface area contributed by atoms with Crippen LogP contribution in [0.25, 0.3) is 5.70 Å². The zero-order chi connectivity index (χ0) is 17.2. The minimum Gasteiger partial charge on any atom is -0.364 e. The topological polar surface area (TPSA) is 41.9 Å². The number of aromatic nitrogens is 2. The number of hydrogen-bond donors (Lipinski definition) is 2. The fraction of sp³-hybridized carbons (Fsp3) is 0.526. The van der Waals surface area contributed by atoms with Crippen LogP contribution < -0.4 is 10.6 Å². The Morgan fingerprint density at radius 2 is 2.12 bits per heavy atom. The Hall–Kier alpha value is -1.68. The molecule has 0 spiro atoms. The maximum absolute atomic E-state index is 6.75. The molecule has 0 amide bonds. The fourth-order valence-corrected chi connectivity index (χ4v) is 4.64. The Morgan fingerprint density at radius 1 is 1.38 bits per heavy atom. The second-order valence-electron chi connectivity index (χ2n) is 7.52. The van der Waals surface area contributed by atoms with Gasteiger partial charge in [-0.05, 0) is 59.5 Å². The third-order valence-corrected chi connectivity index (χ3v) is 6.36. The molecule has 5 heteroatoms. The Bertz CT molecular complexity index is 823. The molecular weight excluding hydrogens is 320 g/mol. The number of nitrogens with one attached hydrogen (secondary N) is 2. The molecule has 0 saturated carbocycles. The van der Waals surface area contributed by atoms with E-state index >= 15 is 0 Å². The van der Waals surface area contributed by atoms with Crippen LogP contribution in [0.15, 0.2) is 28.1 Å². The maximum Gasteiger partial charge on any atom is 0.135 e. The van der Waals surface area contributed by atoms with E-state index in [1.807, 2.05) is 6.20 Å². The molecule has 4 nitrogen and oxygen atoms in total. The zero-order valence-electron chi connectivity index (χ0n) is 15.0. The summed E-state index contributed by atoms with van der Waals surface area (Å²) in [5.74, 6) is 2.12. The number of halogens is 1. The van der Waals surface area contributed by atoms with Gasteiger partial charge in [-0.2, -0.15) is 0 Å². The molecule has 1 aromatic rings. The van der Waals surface area contributed by atoms with Gasteiger partial charge in [0.05, 0.1) is 22.2 Å². The largest absolute Gasteiger partial charge is 0.364 e. The smallest absolute Gasteiger partial charge is 0.135 e. The highest BCUT2D eigenvalue weighted by atomic mass is 35.5. The van der Waals surface area contributed by atoms with Gasteiger partial charge in [-0.25, -0.2) is 4.98 Å². The monoisotopic (exact) mass is 344 g/mol. The Kier molecular flexibility index (Phi) is 3.40. The van der Waals surface area contributed by atoms with E-state index in [0.29, 0.717) is 6.04 Å². The van der Waals surface area contributed by atoms with Gasteiger partial charge in [0.1, 0.15) is 11.6 Å². The molecule has 3 heterocycles. The Labute approximate surface area is 148 Å². The lowest BCUT2D eigenvalue weighted by Gasteiger charge is -2.46. The molecule has 2 atom stereocenters. The molecule has 0 fully saturated rings. The number of rotatable bonds is 1. The van der Waals surface area contributed by atoms with Crippen molar-refractivity contribution in [1.29, 1.82) is 0 Å². The number of dihydropyridines is 1. The first-order valence-electron chi connectivity index (χ1n) is 8.72. The molecule has 1 aromatic heterocycles. The quantitative estimate of drug-likeness (QED) is 0.780. The van der Waals surface area contributed by atoms with Crippen molar-refractivity contribution in [3.05, 3.63) is 39.6 Å². The van der Waals surface area contributed by atoms with E-state index in [0.717, 1.165) is 35.2 Å². The van der Waals surface area contributed by atoms with E-state index in [1.165, 1.54) is 29.0 Å². The van der Waals surface area contributed by atoms with Crippen LogP contribution in [0.1, 0.15) is 58.5 Å². The highest BCUT2D eigenvalue weighted by Crippen LogP contribution is 2.53. The average Bonchev–Trinajstić information content (AvgIpc) is 2.87. The molecule has 128 valence electrons. The summed E-state index contributed by atoms with van der Waals surface area (Å²) < 4.78 is 2.26. The summed E-state index contributed by atoms with van der Waals surface area (Å²) in [6.45, 7) is 10.8. The number of imidazole rings is 1. The number of nitrogens with zero attached hydrogens (tertiary/aromatic N) is 2. The molecular formula is C19H25ClN4. The highest BCUT2D eigenvalue weighted by molar-refractivity contribution is 6.31. The number of aryl methyl sites for hydroxylation is 1. The lowest BCUT2D eigenvalue weighted by atomic mass is 9.67. The van der Waals surface area contributed by atoms with E-state index < -0.39 is 0 Å². The van der Waals surface area contributed by atoms with Crippen LogP contribution in [0.4, 0.5) is 5.82 Å². The summed E-state index contributed by atoms with van der Waals surface area (Å²) in [4.78, 5) is 4.97. The van der Waals surface area contributed by atoms with Gasteiger partial charge in [0.15, 0.2) is 0 Å². The number of allylic oxidation sites excluding steroid dienone is 4. The molecule has 0 saturated heterocycles. The summed E-state index contributed by atoms with van der Waals surface area (Å²) in [6.07, 6.45) is 5.37. The molecule has 2 unspecified atom stereocenters. The normalized spacial score (nSPS) is 27.6. The van der Waals surface area contributed by atoms with Gasteiger partial charge in [0.2, 0.25) is 0 Å². The van der Waals surface area contributed by atoms with Gasteiger partial charge in [0, 0.05) is 17.6 Å². The molecule has 3 aliphatic rings. The molecule has 0 radical (unpaired) electrons. The van der Waals surface area contributed by atoms with E-state index in [-0.39, 0.29) is 5.41 Å². The van der Waals surface area contributed by atoms with Crippen LogP contribution in [0.2, 0.25) is 0 Å². The van der Waals surface area contributed by atoms with Crippen molar-refractivity contribution in [3.63, 3.8) is 0 Å². The molecule has 2 N–H and O–H groups in total. The summed E-state index contributed by atoms with van der Waals surface area (Å²) in [6, 6.07) is 0.320. The van der Waals surface area contributed by atoms with Crippen LogP contribution >= 0.6 is 11.6 Å². The molecule has 2 aliphatic heterocycles. The van der Waals surface area contributed by atoms with Gasteiger partial charge in [-0.1, -0.05) is 17.2 Å². The number of anilines is 1. The van der Waals surface area contributed by atoms with E-state index in [2.05, 4.69) is 49.8 Å². The molecule has 0 aromatic carbocycles. The first kappa shape index (κ1) is 15.8. The molecule has 4 rings (SSSR count). The Balaban J connectivity index is 2.02. The second kappa shape index (κ2) is 5.16. The predicted molar refractivity (Wildman–Crippen MR) is 99.9 cm³/mol. The lowest BCUT2D eigenvalue weighted by Crippen LogP contribution is -2.47. The lowest BCUT2D eigenvalue weighted by molar-refractivity contribution is 0.483. The molecule has 24 heavy (non-hydrogen) atoms. The summed E-state index contributed by atoms with van der Waals surface area (Å²) >= 11 is 6.75. The average molecular weight is 345 g/mol. The number of hydrogen-bond acceptors (Lipinski definition) is 3. The van der Waals surface area contributed by atoms with Crippen molar-refractivity contribution in [3.8, 4) is 0 Å². The van der Waals surface area contributed by atoms with Crippen molar-refractivity contribution in [1.82, 2.24) is 14.9 Å². The fourth-order valence-electron chi connectivity index (χ4n) is 4.39. The van der Waals surface area contributed by atoms with Gasteiger partial charge < -0.3 is 10.6 Å². The van der Waals surface area contributed by atoms with Crippen LogP contribution in [-0.4, -0.2) is 15.6 Å². The minimum atomic E-state index is -0.328. The third-order valence-electron chi connectivity index (χ3n) is 5.87. The maximum atomic E-state index is 6.75. The summed E-state index contributed by atoms with van der Waals surface area (Å²) in [5, 5.41) is 8.03. The van der Waals surface area contributed by atoms with Crippen LogP contribution in [0.3, 0.4) is 0 Å². The molecule has 1 aliphatic carbocycles. The third kappa shape index (κ3) is 1.89. The van der Waals surface area contributed by atoms with Crippen molar-refractivity contribution in [2.45, 2.75) is 65.3 Å².